The van der Waals surface area contributed by atoms with Crippen molar-refractivity contribution in [2.45, 2.75) is 39.8 Å². The Labute approximate surface area is 121 Å². The Kier molecular flexibility index (Phi) is 5.19. The molecule has 0 aromatic heterocycles. The maximum atomic E-state index is 9.06. The van der Waals surface area contributed by atoms with Gasteiger partial charge in [-0.25, -0.2) is 0 Å². The van der Waals surface area contributed by atoms with E-state index in [1.54, 1.807) is 0 Å². The molecule has 0 atom stereocenters. The molecule has 0 aliphatic carbocycles. The summed E-state index contributed by atoms with van der Waals surface area (Å²) in [6.07, 6.45) is 2.08. The van der Waals surface area contributed by atoms with Crippen LogP contribution in [0.2, 0.25) is 0 Å². The number of rotatable bonds is 6. The van der Waals surface area contributed by atoms with Crippen LogP contribution in [0.15, 0.2) is 42.5 Å². The van der Waals surface area contributed by atoms with Crippen molar-refractivity contribution in [1.82, 2.24) is 0 Å². The lowest BCUT2D eigenvalue weighted by molar-refractivity contribution is 0.282. The maximum absolute atomic E-state index is 9.06. The van der Waals surface area contributed by atoms with E-state index < -0.39 is 0 Å². The molecule has 2 nitrogen and oxygen atoms in total. The second-order valence-corrected chi connectivity index (χ2v) is 4.99. The third kappa shape index (κ3) is 3.40. The van der Waals surface area contributed by atoms with Crippen molar-refractivity contribution >= 4 is 5.69 Å². The van der Waals surface area contributed by atoms with Crippen LogP contribution in [0.1, 0.15) is 36.1 Å². The van der Waals surface area contributed by atoms with Crippen molar-refractivity contribution in [1.29, 1.82) is 0 Å². The van der Waals surface area contributed by atoms with E-state index >= 15 is 0 Å². The molecule has 0 amide bonds. The molecule has 2 aromatic rings. The summed E-state index contributed by atoms with van der Waals surface area (Å²) in [6.45, 7) is 5.30. The molecular formula is C18H23NO. The van der Waals surface area contributed by atoms with Crippen LogP contribution in [0.25, 0.3) is 0 Å². The Morgan fingerprint density at radius 2 is 1.40 bits per heavy atom. The molecule has 2 N–H and O–H groups in total. The molecule has 0 radical (unpaired) electrons. The second-order valence-electron chi connectivity index (χ2n) is 4.99. The van der Waals surface area contributed by atoms with E-state index in [-0.39, 0.29) is 6.61 Å². The smallest absolute Gasteiger partial charge is 0.0681 e. The molecule has 20 heavy (non-hydrogen) atoms. The number of aliphatic hydroxyl groups is 1. The van der Waals surface area contributed by atoms with E-state index in [9.17, 15) is 0 Å². The van der Waals surface area contributed by atoms with Crippen molar-refractivity contribution in [3.05, 3.63) is 64.7 Å². The third-order valence-corrected chi connectivity index (χ3v) is 3.67. The Bertz CT molecular complexity index is 524. The van der Waals surface area contributed by atoms with Crippen LogP contribution in [0.3, 0.4) is 0 Å². The van der Waals surface area contributed by atoms with E-state index in [1.165, 1.54) is 22.4 Å². The van der Waals surface area contributed by atoms with Crippen LogP contribution >= 0.6 is 0 Å². The molecule has 0 spiro atoms. The van der Waals surface area contributed by atoms with Crippen molar-refractivity contribution in [2.24, 2.45) is 0 Å². The average molecular weight is 269 g/mol. The molecule has 2 heteroatoms. The molecule has 106 valence electrons. The number of benzene rings is 2. The quantitative estimate of drug-likeness (QED) is 0.833. The zero-order valence-electron chi connectivity index (χ0n) is 12.3. The van der Waals surface area contributed by atoms with Gasteiger partial charge in [0.05, 0.1) is 6.61 Å². The number of nitrogens with one attached hydrogen (secondary N) is 1. The van der Waals surface area contributed by atoms with Crippen LogP contribution in [0.5, 0.6) is 0 Å². The molecule has 0 bridgehead atoms. The summed E-state index contributed by atoms with van der Waals surface area (Å²) in [5.41, 5.74) is 6.21. The van der Waals surface area contributed by atoms with Gasteiger partial charge in [-0.3, -0.25) is 0 Å². The minimum atomic E-state index is 0.104. The van der Waals surface area contributed by atoms with Crippen molar-refractivity contribution in [2.75, 3.05) is 5.32 Å². The molecule has 0 aliphatic rings. The van der Waals surface area contributed by atoms with Crippen molar-refractivity contribution < 1.29 is 5.11 Å². The van der Waals surface area contributed by atoms with Crippen LogP contribution in [0, 0.1) is 0 Å². The summed E-state index contributed by atoms with van der Waals surface area (Å²) in [5.74, 6) is 0. The first-order chi connectivity index (χ1) is 9.78. The lowest BCUT2D eigenvalue weighted by Crippen LogP contribution is -2.05. The van der Waals surface area contributed by atoms with E-state index in [4.69, 9.17) is 5.11 Å². The lowest BCUT2D eigenvalue weighted by Gasteiger charge is -2.15. The summed E-state index contributed by atoms with van der Waals surface area (Å²) in [4.78, 5) is 0. The number of para-hydroxylation sites is 1. The fourth-order valence-electron chi connectivity index (χ4n) is 2.42. The van der Waals surface area contributed by atoms with Crippen LogP contribution < -0.4 is 5.32 Å². The Morgan fingerprint density at radius 3 is 1.90 bits per heavy atom. The molecule has 0 aliphatic heterocycles. The average Bonchev–Trinajstić information content (AvgIpc) is 2.52. The molecule has 0 saturated heterocycles. The van der Waals surface area contributed by atoms with E-state index in [0.717, 1.165) is 24.9 Å². The van der Waals surface area contributed by atoms with E-state index in [0.29, 0.717) is 0 Å². The first-order valence-corrected chi connectivity index (χ1v) is 7.31. The van der Waals surface area contributed by atoms with Gasteiger partial charge in [0, 0.05) is 12.2 Å². The maximum Gasteiger partial charge on any atom is 0.0681 e. The molecule has 0 fully saturated rings. The van der Waals surface area contributed by atoms with Crippen LogP contribution in [-0.4, -0.2) is 5.11 Å². The SMILES string of the molecule is CCc1cccc(CC)c1NCc1ccc(CO)cc1. The Morgan fingerprint density at radius 1 is 0.850 bits per heavy atom. The lowest BCUT2D eigenvalue weighted by atomic mass is 10.0. The van der Waals surface area contributed by atoms with Gasteiger partial charge in [0.1, 0.15) is 0 Å². The summed E-state index contributed by atoms with van der Waals surface area (Å²) in [5, 5.41) is 12.6. The van der Waals surface area contributed by atoms with Gasteiger partial charge in [0.15, 0.2) is 0 Å². The molecule has 2 rings (SSSR count). The highest BCUT2D eigenvalue weighted by molar-refractivity contribution is 5.58. The van der Waals surface area contributed by atoms with Gasteiger partial charge in [-0.2, -0.15) is 0 Å². The van der Waals surface area contributed by atoms with Gasteiger partial charge in [-0.05, 0) is 35.1 Å². The predicted molar refractivity (Wildman–Crippen MR) is 84.9 cm³/mol. The molecule has 2 aromatic carbocycles. The zero-order chi connectivity index (χ0) is 14.4. The van der Waals surface area contributed by atoms with Gasteiger partial charge in [-0.1, -0.05) is 56.3 Å². The predicted octanol–water partition coefficient (Wildman–Crippen LogP) is 3.92. The topological polar surface area (TPSA) is 32.3 Å². The number of hydrogen-bond donors (Lipinski definition) is 2. The van der Waals surface area contributed by atoms with Crippen molar-refractivity contribution in [3.8, 4) is 0 Å². The number of anilines is 1. The van der Waals surface area contributed by atoms with Gasteiger partial charge in [-0.15, -0.1) is 0 Å². The minimum absolute atomic E-state index is 0.104. The summed E-state index contributed by atoms with van der Waals surface area (Å²) < 4.78 is 0. The first-order valence-electron chi connectivity index (χ1n) is 7.31. The number of aliphatic hydroxyl groups excluding tert-OH is 1. The van der Waals surface area contributed by atoms with Gasteiger partial charge < -0.3 is 10.4 Å². The van der Waals surface area contributed by atoms with Gasteiger partial charge in [0.2, 0.25) is 0 Å². The first kappa shape index (κ1) is 14.6. The summed E-state index contributed by atoms with van der Waals surface area (Å²) in [6, 6.07) is 14.6. The monoisotopic (exact) mass is 269 g/mol. The van der Waals surface area contributed by atoms with E-state index in [1.807, 2.05) is 12.1 Å². The highest BCUT2D eigenvalue weighted by atomic mass is 16.3. The van der Waals surface area contributed by atoms with Crippen LogP contribution in [-0.2, 0) is 26.0 Å². The third-order valence-electron chi connectivity index (χ3n) is 3.67. The normalized spacial score (nSPS) is 10.6. The minimum Gasteiger partial charge on any atom is -0.392 e. The fraction of sp³-hybridized carbons (Fsp3) is 0.333. The number of hydrogen-bond acceptors (Lipinski definition) is 2. The van der Waals surface area contributed by atoms with Gasteiger partial charge >= 0.3 is 0 Å². The summed E-state index contributed by atoms with van der Waals surface area (Å²) >= 11 is 0. The second kappa shape index (κ2) is 7.11. The fourth-order valence-corrected chi connectivity index (χ4v) is 2.42. The highest BCUT2D eigenvalue weighted by Gasteiger charge is 2.05. The van der Waals surface area contributed by atoms with Crippen molar-refractivity contribution in [3.63, 3.8) is 0 Å². The van der Waals surface area contributed by atoms with E-state index in [2.05, 4.69) is 49.5 Å². The standard InChI is InChI=1S/C18H23NO/c1-3-16-6-5-7-17(4-2)18(16)19-12-14-8-10-15(13-20)11-9-14/h5-11,19-20H,3-4,12-13H2,1-2H3. The van der Waals surface area contributed by atoms with Crippen LogP contribution in [0.4, 0.5) is 5.69 Å². The summed E-state index contributed by atoms with van der Waals surface area (Å²) in [7, 11) is 0. The Hall–Kier alpha value is -1.80. The molecular weight excluding hydrogens is 246 g/mol. The Balaban J connectivity index is 2.13. The number of aryl methyl sites for hydroxylation is 2. The zero-order valence-corrected chi connectivity index (χ0v) is 12.3. The molecule has 0 heterocycles. The molecule has 0 unspecified atom stereocenters. The van der Waals surface area contributed by atoms with Gasteiger partial charge in [0.25, 0.3) is 0 Å². The largest absolute Gasteiger partial charge is 0.392 e. The highest BCUT2D eigenvalue weighted by Crippen LogP contribution is 2.23. The molecule has 0 saturated carbocycles.